The molecule has 0 bridgehead atoms. The van der Waals surface area contributed by atoms with Gasteiger partial charge in [0.1, 0.15) is 24.4 Å². The van der Waals surface area contributed by atoms with Gasteiger partial charge in [0.05, 0.1) is 6.61 Å². The van der Waals surface area contributed by atoms with E-state index >= 15 is 0 Å². The minimum atomic E-state index is -5.05. The summed E-state index contributed by atoms with van der Waals surface area (Å²) in [6.07, 6.45) is -5.24. The molecule has 9 N–H and O–H groups in total. The zero-order valence-electron chi connectivity index (χ0n) is 12.1. The number of hydrogen-bond donors (Lipinski definition) is 9. The van der Waals surface area contributed by atoms with E-state index in [1.807, 2.05) is 0 Å². The predicted octanol–water partition coefficient (Wildman–Crippen LogP) is -3.89. The number of aliphatic hydroxyl groups is 4. The molecule has 16 heteroatoms. The van der Waals surface area contributed by atoms with Crippen LogP contribution in [0.3, 0.4) is 0 Å². The number of carbonyl (C=O) groups is 1. The molecule has 1 aliphatic rings. The third-order valence-electron chi connectivity index (χ3n) is 2.48. The van der Waals surface area contributed by atoms with Crippen LogP contribution in [-0.2, 0) is 23.0 Å². The molecule has 0 aliphatic carbocycles. The Kier molecular flexibility index (Phi) is 9.11. The van der Waals surface area contributed by atoms with Gasteiger partial charge in [-0.15, -0.1) is 0 Å². The molecule has 0 radical (unpaired) electrons. The fraction of sp³-hybridized carbons (Fsp3) is 0.875. The van der Waals surface area contributed by atoms with Gasteiger partial charge in [-0.05, 0) is 0 Å². The Morgan fingerprint density at radius 3 is 1.83 bits per heavy atom. The largest absolute Gasteiger partial charge is 0.478 e. The lowest BCUT2D eigenvalue weighted by molar-refractivity contribution is -0.253. The normalized spacial score (nSPS) is 31.0. The van der Waals surface area contributed by atoms with Crippen molar-refractivity contribution in [2.45, 2.75) is 37.6 Å². The highest BCUT2D eigenvalue weighted by Gasteiger charge is 2.43. The lowest BCUT2D eigenvalue weighted by Gasteiger charge is -2.40. The standard InChI is InChI=1S/C8H15NO6.H4O7P2/c1-3(11)9-5-7(13)6(12)4(2-10)15-8(5)14;1-8(2,3)7-9(4,5)6/h4-8,10,12-14H,2H2,1H3,(H,9,11);(H2,1,2,3)(H2,4,5,6)/t4-,5-,6-,7-,8?;/m1./s1. The van der Waals surface area contributed by atoms with Gasteiger partial charge in [0.15, 0.2) is 6.29 Å². The lowest BCUT2D eigenvalue weighted by Crippen LogP contribution is -2.63. The molecule has 1 unspecified atom stereocenters. The highest BCUT2D eigenvalue weighted by molar-refractivity contribution is 7.60. The van der Waals surface area contributed by atoms with Gasteiger partial charge >= 0.3 is 15.6 Å². The first-order valence-corrected chi connectivity index (χ1v) is 9.14. The number of hydrogen-bond acceptors (Lipinski definition) is 9. The summed E-state index contributed by atoms with van der Waals surface area (Å²) in [7, 11) is -10.1. The van der Waals surface area contributed by atoms with Gasteiger partial charge < -0.3 is 50.1 Å². The Labute approximate surface area is 135 Å². The Bertz CT molecular complexity index is 482. The van der Waals surface area contributed by atoms with Crippen molar-refractivity contribution in [1.82, 2.24) is 5.32 Å². The van der Waals surface area contributed by atoms with E-state index in [4.69, 9.17) is 29.4 Å². The molecule has 1 fully saturated rings. The molecular weight excluding hydrogens is 380 g/mol. The molecule has 0 aromatic heterocycles. The fourth-order valence-electron chi connectivity index (χ4n) is 1.63. The van der Waals surface area contributed by atoms with Crippen molar-refractivity contribution in [2.75, 3.05) is 6.61 Å². The summed E-state index contributed by atoms with van der Waals surface area (Å²) in [5, 5.41) is 39.4. The maximum atomic E-state index is 10.7. The summed E-state index contributed by atoms with van der Waals surface area (Å²) in [5.41, 5.74) is 0. The number of amides is 1. The summed E-state index contributed by atoms with van der Waals surface area (Å²) in [6, 6.07) is -1.10. The molecule has 14 nitrogen and oxygen atoms in total. The Morgan fingerprint density at radius 2 is 1.54 bits per heavy atom. The van der Waals surface area contributed by atoms with Gasteiger partial charge in [-0.2, -0.15) is 4.31 Å². The average Bonchev–Trinajstić information content (AvgIpc) is 2.35. The molecule has 0 aromatic carbocycles. The number of ether oxygens (including phenoxy) is 1. The summed E-state index contributed by atoms with van der Waals surface area (Å²) >= 11 is 0. The monoisotopic (exact) mass is 399 g/mol. The second kappa shape index (κ2) is 9.29. The van der Waals surface area contributed by atoms with E-state index in [0.717, 1.165) is 0 Å². The van der Waals surface area contributed by atoms with E-state index in [-0.39, 0.29) is 0 Å². The van der Waals surface area contributed by atoms with E-state index < -0.39 is 58.8 Å². The first-order valence-electron chi connectivity index (χ1n) is 6.08. The van der Waals surface area contributed by atoms with Crippen molar-refractivity contribution in [2.24, 2.45) is 0 Å². The molecule has 0 spiro atoms. The third kappa shape index (κ3) is 9.13. The molecule has 144 valence electrons. The SMILES string of the molecule is CC(=O)N[C@H]1C(O)O[C@H](CO)[C@@H](O)[C@@H]1O.O=P(O)(O)OP(=O)(O)O. The molecule has 1 heterocycles. The van der Waals surface area contributed by atoms with Gasteiger partial charge in [0.25, 0.3) is 0 Å². The van der Waals surface area contributed by atoms with Crippen LogP contribution in [0.2, 0.25) is 0 Å². The molecular formula is C8H19NO13P2. The van der Waals surface area contributed by atoms with Gasteiger partial charge in [0.2, 0.25) is 5.91 Å². The first-order chi connectivity index (χ1) is 10.7. The number of aliphatic hydroxyl groups excluding tert-OH is 4. The van der Waals surface area contributed by atoms with Crippen molar-refractivity contribution in [3.63, 3.8) is 0 Å². The van der Waals surface area contributed by atoms with Gasteiger partial charge in [-0.1, -0.05) is 0 Å². The van der Waals surface area contributed by atoms with Crippen LogP contribution >= 0.6 is 15.6 Å². The first kappa shape index (κ1) is 23.5. The van der Waals surface area contributed by atoms with Gasteiger partial charge in [-0.3, -0.25) is 4.79 Å². The number of rotatable bonds is 4. The topological polar surface area (TPSA) is 244 Å². The quantitative estimate of drug-likeness (QED) is 0.206. The van der Waals surface area contributed by atoms with Crippen LogP contribution in [0.25, 0.3) is 0 Å². The average molecular weight is 399 g/mol. The fourth-order valence-corrected chi connectivity index (χ4v) is 2.73. The second-order valence-corrected chi connectivity index (χ2v) is 7.13. The van der Waals surface area contributed by atoms with Crippen molar-refractivity contribution < 1.29 is 63.0 Å². The van der Waals surface area contributed by atoms with Crippen molar-refractivity contribution in [3.8, 4) is 0 Å². The van der Waals surface area contributed by atoms with Crippen molar-refractivity contribution in [1.29, 1.82) is 0 Å². The minimum Gasteiger partial charge on any atom is -0.394 e. The predicted molar refractivity (Wildman–Crippen MR) is 72.8 cm³/mol. The van der Waals surface area contributed by atoms with Crippen LogP contribution in [-0.4, -0.2) is 83.2 Å². The molecule has 0 aromatic rings. The highest BCUT2D eigenvalue weighted by atomic mass is 31.3. The number of nitrogens with one attached hydrogen (secondary N) is 1. The van der Waals surface area contributed by atoms with Crippen LogP contribution in [0.4, 0.5) is 0 Å². The molecule has 1 saturated heterocycles. The molecule has 0 saturated carbocycles. The van der Waals surface area contributed by atoms with E-state index in [2.05, 4.69) is 9.63 Å². The number of carbonyl (C=O) groups excluding carboxylic acids is 1. The minimum absolute atomic E-state index is 0.462. The van der Waals surface area contributed by atoms with Crippen molar-refractivity contribution in [3.05, 3.63) is 0 Å². The Hall–Kier alpha value is -0.470. The molecule has 5 atom stereocenters. The summed E-state index contributed by atoms with van der Waals surface area (Å²) in [6.45, 7) is 0.687. The van der Waals surface area contributed by atoms with Gasteiger partial charge in [-0.25, -0.2) is 9.13 Å². The smallest absolute Gasteiger partial charge is 0.394 e. The van der Waals surface area contributed by atoms with Crippen molar-refractivity contribution >= 4 is 21.6 Å². The maximum absolute atomic E-state index is 10.7. The van der Waals surface area contributed by atoms with E-state index in [0.29, 0.717) is 0 Å². The third-order valence-corrected chi connectivity index (χ3v) is 4.18. The van der Waals surface area contributed by atoms with E-state index in [1.54, 1.807) is 0 Å². The van der Waals surface area contributed by atoms with Crippen LogP contribution in [0.5, 0.6) is 0 Å². The van der Waals surface area contributed by atoms with Crippen LogP contribution in [0, 0.1) is 0 Å². The highest BCUT2D eigenvalue weighted by Crippen LogP contribution is 2.53. The second-order valence-electron chi connectivity index (χ2n) is 4.52. The lowest BCUT2D eigenvalue weighted by atomic mass is 9.97. The molecule has 1 rings (SSSR count). The Balaban J connectivity index is 0.000000506. The molecule has 24 heavy (non-hydrogen) atoms. The van der Waals surface area contributed by atoms with Crippen LogP contribution in [0.1, 0.15) is 6.92 Å². The summed E-state index contributed by atoms with van der Waals surface area (Å²) < 4.78 is 27.0. The molecule has 1 amide bonds. The zero-order chi connectivity index (χ0) is 19.3. The van der Waals surface area contributed by atoms with Crippen LogP contribution in [0.15, 0.2) is 0 Å². The maximum Gasteiger partial charge on any atom is 0.478 e. The van der Waals surface area contributed by atoms with Crippen LogP contribution < -0.4 is 5.32 Å². The van der Waals surface area contributed by atoms with E-state index in [9.17, 15) is 29.2 Å². The summed E-state index contributed by atoms with van der Waals surface area (Å²) in [5.74, 6) is -0.462. The molecule has 1 aliphatic heterocycles. The van der Waals surface area contributed by atoms with Gasteiger partial charge in [0, 0.05) is 6.92 Å². The summed E-state index contributed by atoms with van der Waals surface area (Å²) in [4.78, 5) is 41.7. The zero-order valence-corrected chi connectivity index (χ0v) is 13.9. The van der Waals surface area contributed by atoms with E-state index in [1.165, 1.54) is 6.92 Å². The Morgan fingerprint density at radius 1 is 1.08 bits per heavy atom. The number of phosphoric acid groups is 2.